The van der Waals surface area contributed by atoms with E-state index in [0.717, 1.165) is 11.1 Å². The van der Waals surface area contributed by atoms with Gasteiger partial charge in [-0.1, -0.05) is 6.07 Å². The van der Waals surface area contributed by atoms with Crippen molar-refractivity contribution in [3.63, 3.8) is 0 Å². The lowest BCUT2D eigenvalue weighted by Crippen LogP contribution is -2.22. The monoisotopic (exact) mass is 414 g/mol. The van der Waals surface area contributed by atoms with Crippen LogP contribution in [0, 0.1) is 12.7 Å². The van der Waals surface area contributed by atoms with Crippen molar-refractivity contribution < 1.29 is 23.5 Å². The third kappa shape index (κ3) is 4.60. The molecule has 6 nitrogen and oxygen atoms in total. The van der Waals surface area contributed by atoms with Crippen LogP contribution >= 0.6 is 11.3 Å². The highest BCUT2D eigenvalue weighted by atomic mass is 32.1. The average molecular weight is 414 g/mol. The Hall–Kier alpha value is -3.26. The molecule has 0 aliphatic heterocycles. The minimum atomic E-state index is -0.516. The second-order valence-corrected chi connectivity index (χ2v) is 7.15. The van der Waals surface area contributed by atoms with E-state index in [1.54, 1.807) is 37.3 Å². The van der Waals surface area contributed by atoms with Gasteiger partial charge in [0, 0.05) is 12.1 Å². The Morgan fingerprint density at radius 1 is 1.14 bits per heavy atom. The number of hydrogen-bond acceptors (Lipinski definition) is 6. The van der Waals surface area contributed by atoms with Gasteiger partial charge in [0.1, 0.15) is 27.0 Å². The Kier molecular flexibility index (Phi) is 6.23. The first-order valence-corrected chi connectivity index (χ1v) is 9.51. The number of esters is 1. The van der Waals surface area contributed by atoms with E-state index in [1.165, 1.54) is 37.7 Å². The Balaban J connectivity index is 1.74. The fourth-order valence-corrected chi connectivity index (χ4v) is 3.71. The maximum atomic E-state index is 13.1. The smallest absolute Gasteiger partial charge is 0.341 e. The molecule has 1 heterocycles. The van der Waals surface area contributed by atoms with Gasteiger partial charge in [-0.05, 0) is 48.9 Å². The van der Waals surface area contributed by atoms with Crippen molar-refractivity contribution in [1.29, 1.82) is 0 Å². The summed E-state index contributed by atoms with van der Waals surface area (Å²) in [7, 11) is 2.76. The lowest BCUT2D eigenvalue weighted by Gasteiger charge is -2.10. The van der Waals surface area contributed by atoms with Crippen molar-refractivity contribution in [2.75, 3.05) is 14.2 Å². The predicted octanol–water partition coefficient (Wildman–Crippen LogP) is 3.98. The number of nitrogens with zero attached hydrogens (tertiary/aromatic N) is 1. The summed E-state index contributed by atoms with van der Waals surface area (Å²) in [6, 6.07) is 11.0. The van der Waals surface area contributed by atoms with Crippen LogP contribution < -0.4 is 10.1 Å². The predicted molar refractivity (Wildman–Crippen MR) is 108 cm³/mol. The van der Waals surface area contributed by atoms with E-state index < -0.39 is 5.97 Å². The number of nitrogens with one attached hydrogen (secondary N) is 1. The molecule has 29 heavy (non-hydrogen) atoms. The van der Waals surface area contributed by atoms with E-state index >= 15 is 0 Å². The maximum Gasteiger partial charge on any atom is 0.341 e. The van der Waals surface area contributed by atoms with E-state index in [-0.39, 0.29) is 23.8 Å². The second-order valence-electron chi connectivity index (χ2n) is 6.15. The Bertz CT molecular complexity index is 1050. The molecule has 0 radical (unpaired) electrons. The Morgan fingerprint density at radius 3 is 2.52 bits per heavy atom. The quantitative estimate of drug-likeness (QED) is 0.618. The van der Waals surface area contributed by atoms with Gasteiger partial charge in [0.25, 0.3) is 5.91 Å². The summed E-state index contributed by atoms with van der Waals surface area (Å²) in [6.45, 7) is 1.97. The average Bonchev–Trinajstić information content (AvgIpc) is 3.13. The summed E-state index contributed by atoms with van der Waals surface area (Å²) >= 11 is 1.24. The SMILES string of the molecule is COC(=O)c1cc(CNC(=O)c2sc(-c3ccc(F)cc3)nc2C)ccc1OC. The number of halogens is 1. The standard InChI is InChI=1S/C21H19FN2O4S/c1-12-18(29-20(24-12)14-5-7-15(22)8-6-14)19(25)23-11-13-4-9-17(27-2)16(10-13)21(26)28-3/h4-10H,11H2,1-3H3,(H,23,25). The van der Waals surface area contributed by atoms with E-state index in [4.69, 9.17) is 9.47 Å². The number of ether oxygens (including phenoxy) is 2. The molecular formula is C21H19FN2O4S. The van der Waals surface area contributed by atoms with E-state index in [1.807, 2.05) is 0 Å². The van der Waals surface area contributed by atoms with E-state index in [0.29, 0.717) is 21.3 Å². The molecule has 0 fully saturated rings. The highest BCUT2D eigenvalue weighted by Gasteiger charge is 2.17. The highest BCUT2D eigenvalue weighted by molar-refractivity contribution is 7.17. The van der Waals surface area contributed by atoms with Gasteiger partial charge in [0.05, 0.1) is 19.9 Å². The first-order chi connectivity index (χ1) is 13.9. The minimum Gasteiger partial charge on any atom is -0.496 e. The number of rotatable bonds is 6. The molecule has 8 heteroatoms. The van der Waals surface area contributed by atoms with Crippen LogP contribution in [0.15, 0.2) is 42.5 Å². The number of carbonyl (C=O) groups is 2. The van der Waals surface area contributed by atoms with E-state index in [2.05, 4.69) is 10.3 Å². The molecular weight excluding hydrogens is 395 g/mol. The molecule has 0 spiro atoms. The number of thiazole rings is 1. The first kappa shape index (κ1) is 20.5. The zero-order valence-corrected chi connectivity index (χ0v) is 16.9. The van der Waals surface area contributed by atoms with Crippen LogP contribution in [-0.4, -0.2) is 31.1 Å². The molecule has 0 unspecified atom stereocenters. The molecule has 1 N–H and O–H groups in total. The number of hydrogen-bond donors (Lipinski definition) is 1. The van der Waals surface area contributed by atoms with Gasteiger partial charge < -0.3 is 14.8 Å². The Labute approximate surface area is 171 Å². The van der Waals surface area contributed by atoms with Crippen molar-refractivity contribution in [3.8, 4) is 16.3 Å². The van der Waals surface area contributed by atoms with Crippen LogP contribution in [0.2, 0.25) is 0 Å². The van der Waals surface area contributed by atoms with Gasteiger partial charge >= 0.3 is 5.97 Å². The molecule has 1 aromatic heterocycles. The topological polar surface area (TPSA) is 77.5 Å². The molecule has 1 amide bonds. The number of methoxy groups -OCH3 is 2. The van der Waals surface area contributed by atoms with Crippen molar-refractivity contribution >= 4 is 23.2 Å². The summed E-state index contributed by atoms with van der Waals surface area (Å²) in [5.41, 5.74) is 2.35. The van der Waals surface area contributed by atoms with Gasteiger partial charge in [-0.25, -0.2) is 14.2 Å². The van der Waals surface area contributed by atoms with Crippen LogP contribution in [0.25, 0.3) is 10.6 Å². The summed E-state index contributed by atoms with van der Waals surface area (Å²) in [6.07, 6.45) is 0. The van der Waals surface area contributed by atoms with Crippen LogP contribution in [0.3, 0.4) is 0 Å². The summed E-state index contributed by atoms with van der Waals surface area (Å²) in [4.78, 5) is 29.4. The second kappa shape index (κ2) is 8.83. The van der Waals surface area contributed by atoms with Gasteiger partial charge in [0.2, 0.25) is 0 Å². The minimum absolute atomic E-state index is 0.218. The molecule has 3 rings (SSSR count). The fourth-order valence-electron chi connectivity index (χ4n) is 2.72. The number of aryl methyl sites for hydroxylation is 1. The molecule has 0 aliphatic carbocycles. The molecule has 3 aromatic rings. The molecule has 0 saturated heterocycles. The molecule has 2 aromatic carbocycles. The van der Waals surface area contributed by atoms with Gasteiger partial charge in [0.15, 0.2) is 0 Å². The van der Waals surface area contributed by atoms with Gasteiger partial charge in [-0.3, -0.25) is 4.79 Å². The summed E-state index contributed by atoms with van der Waals surface area (Å²) in [5, 5.41) is 3.47. The lowest BCUT2D eigenvalue weighted by molar-refractivity contribution is 0.0597. The highest BCUT2D eigenvalue weighted by Crippen LogP contribution is 2.28. The van der Waals surface area contributed by atoms with Crippen LogP contribution in [-0.2, 0) is 11.3 Å². The van der Waals surface area contributed by atoms with Crippen molar-refractivity contribution in [3.05, 3.63) is 70.0 Å². The normalized spacial score (nSPS) is 10.5. The van der Waals surface area contributed by atoms with Gasteiger partial charge in [-0.2, -0.15) is 0 Å². The Morgan fingerprint density at radius 2 is 1.86 bits per heavy atom. The number of carbonyl (C=O) groups excluding carboxylic acids is 2. The number of aromatic nitrogens is 1. The van der Waals surface area contributed by atoms with E-state index in [9.17, 15) is 14.0 Å². The third-order valence-electron chi connectivity index (χ3n) is 4.22. The van der Waals surface area contributed by atoms with Crippen molar-refractivity contribution in [1.82, 2.24) is 10.3 Å². The number of amides is 1. The molecule has 0 atom stereocenters. The molecule has 150 valence electrons. The first-order valence-electron chi connectivity index (χ1n) is 8.69. The molecule has 0 aliphatic rings. The fraction of sp³-hybridized carbons (Fsp3) is 0.190. The maximum absolute atomic E-state index is 13.1. The molecule has 0 saturated carbocycles. The zero-order valence-electron chi connectivity index (χ0n) is 16.1. The number of benzene rings is 2. The van der Waals surface area contributed by atoms with Crippen LogP contribution in [0.4, 0.5) is 4.39 Å². The lowest BCUT2D eigenvalue weighted by atomic mass is 10.1. The summed E-state index contributed by atoms with van der Waals surface area (Å²) in [5.74, 6) is -0.721. The largest absolute Gasteiger partial charge is 0.496 e. The van der Waals surface area contributed by atoms with Crippen molar-refractivity contribution in [2.24, 2.45) is 0 Å². The summed E-state index contributed by atoms with van der Waals surface area (Å²) < 4.78 is 23.0. The third-order valence-corrected chi connectivity index (χ3v) is 5.42. The van der Waals surface area contributed by atoms with Crippen LogP contribution in [0.1, 0.15) is 31.3 Å². The van der Waals surface area contributed by atoms with Gasteiger partial charge in [-0.15, -0.1) is 11.3 Å². The van der Waals surface area contributed by atoms with Crippen molar-refractivity contribution in [2.45, 2.75) is 13.5 Å². The van der Waals surface area contributed by atoms with Crippen LogP contribution in [0.5, 0.6) is 5.75 Å². The zero-order chi connectivity index (χ0) is 21.0. The molecule has 0 bridgehead atoms.